The molecule has 0 rings (SSSR count). The average Bonchev–Trinajstić information content (AvgIpc) is 1.96. The quantitative estimate of drug-likeness (QED) is 0.351. The van der Waals surface area contributed by atoms with Gasteiger partial charge in [0.05, 0.1) is 0 Å². The predicted octanol–water partition coefficient (Wildman–Crippen LogP) is 1.46. The van der Waals surface area contributed by atoms with E-state index in [4.69, 9.17) is 4.55 Å². The van der Waals surface area contributed by atoms with E-state index in [-0.39, 0.29) is 0 Å². The summed E-state index contributed by atoms with van der Waals surface area (Å²) >= 11 is -1.84. The summed E-state index contributed by atoms with van der Waals surface area (Å²) in [7, 11) is 0. The van der Waals surface area contributed by atoms with E-state index in [2.05, 4.69) is 11.3 Å². The SMILES string of the molecule is C=CCCCCCNS(=O)O. The van der Waals surface area contributed by atoms with E-state index >= 15 is 0 Å². The Balaban J connectivity index is 2.90. The number of hydrogen-bond acceptors (Lipinski definition) is 1. The predicted molar refractivity (Wildman–Crippen MR) is 47.4 cm³/mol. The molecule has 0 aliphatic heterocycles. The molecule has 3 nitrogen and oxygen atoms in total. The lowest BCUT2D eigenvalue weighted by Crippen LogP contribution is -2.17. The minimum Gasteiger partial charge on any atom is -0.294 e. The van der Waals surface area contributed by atoms with Crippen LogP contribution in [0.15, 0.2) is 12.7 Å². The zero-order valence-electron chi connectivity index (χ0n) is 6.58. The largest absolute Gasteiger partial charge is 0.294 e. The maximum atomic E-state index is 10.1. The van der Waals surface area contributed by atoms with Crippen molar-refractivity contribution in [2.75, 3.05) is 6.54 Å². The van der Waals surface area contributed by atoms with Gasteiger partial charge in [-0.1, -0.05) is 12.5 Å². The van der Waals surface area contributed by atoms with E-state index in [1.165, 1.54) is 0 Å². The van der Waals surface area contributed by atoms with Gasteiger partial charge in [0, 0.05) is 6.54 Å². The van der Waals surface area contributed by atoms with E-state index in [1.54, 1.807) is 0 Å². The molecule has 0 fully saturated rings. The Hall–Kier alpha value is -0.190. The van der Waals surface area contributed by atoms with Crippen molar-refractivity contribution in [1.82, 2.24) is 4.72 Å². The molecule has 0 aliphatic rings. The maximum Gasteiger partial charge on any atom is 0.231 e. The summed E-state index contributed by atoms with van der Waals surface area (Å²) in [4.78, 5) is 0. The number of unbranched alkanes of at least 4 members (excludes halogenated alkanes) is 3. The molecule has 1 unspecified atom stereocenters. The standard InChI is InChI=1S/C7H15NO2S/c1-2-3-4-5-6-7-8-11(9)10/h2,8H,1,3-7H2,(H,9,10). The second-order valence-corrected chi connectivity index (χ2v) is 3.07. The van der Waals surface area contributed by atoms with Gasteiger partial charge in [0.15, 0.2) is 0 Å². The van der Waals surface area contributed by atoms with Gasteiger partial charge in [0.1, 0.15) is 0 Å². The Morgan fingerprint density at radius 1 is 1.45 bits per heavy atom. The third-order valence-corrected chi connectivity index (χ3v) is 1.76. The lowest BCUT2D eigenvalue weighted by atomic mass is 10.2. The van der Waals surface area contributed by atoms with Gasteiger partial charge in [0.25, 0.3) is 0 Å². The van der Waals surface area contributed by atoms with Gasteiger partial charge in [0.2, 0.25) is 11.3 Å². The summed E-state index contributed by atoms with van der Waals surface area (Å²) in [5, 5.41) is 0. The molecular weight excluding hydrogens is 162 g/mol. The van der Waals surface area contributed by atoms with Crippen LogP contribution >= 0.6 is 0 Å². The van der Waals surface area contributed by atoms with Gasteiger partial charge in [-0.3, -0.25) is 4.55 Å². The Morgan fingerprint density at radius 2 is 2.18 bits per heavy atom. The fourth-order valence-corrected chi connectivity index (χ4v) is 1.07. The minimum absolute atomic E-state index is 0.611. The Morgan fingerprint density at radius 3 is 2.73 bits per heavy atom. The van der Waals surface area contributed by atoms with E-state index in [1.807, 2.05) is 6.08 Å². The van der Waals surface area contributed by atoms with Crippen molar-refractivity contribution in [2.45, 2.75) is 25.7 Å². The first-order valence-electron chi connectivity index (χ1n) is 3.72. The van der Waals surface area contributed by atoms with Crippen LogP contribution in [0, 0.1) is 0 Å². The highest BCUT2D eigenvalue weighted by atomic mass is 32.2. The van der Waals surface area contributed by atoms with Gasteiger partial charge in [-0.25, -0.2) is 8.93 Å². The van der Waals surface area contributed by atoms with Crippen molar-refractivity contribution in [3.8, 4) is 0 Å². The van der Waals surface area contributed by atoms with E-state index < -0.39 is 11.3 Å². The third kappa shape index (κ3) is 9.81. The highest BCUT2D eigenvalue weighted by Gasteiger charge is 1.90. The maximum absolute atomic E-state index is 10.1. The number of allylic oxidation sites excluding steroid dienone is 1. The molecule has 2 N–H and O–H groups in total. The second-order valence-electron chi connectivity index (χ2n) is 2.28. The summed E-state index contributed by atoms with van der Waals surface area (Å²) in [6, 6.07) is 0. The summed E-state index contributed by atoms with van der Waals surface area (Å²) in [5.41, 5.74) is 0. The van der Waals surface area contributed by atoms with Gasteiger partial charge < -0.3 is 0 Å². The molecule has 0 bridgehead atoms. The molecule has 1 atom stereocenters. The molecule has 0 saturated heterocycles. The van der Waals surface area contributed by atoms with Gasteiger partial charge in [-0.15, -0.1) is 6.58 Å². The van der Waals surface area contributed by atoms with E-state index in [0.717, 1.165) is 25.7 Å². The van der Waals surface area contributed by atoms with Crippen molar-refractivity contribution in [3.05, 3.63) is 12.7 Å². The van der Waals surface area contributed by atoms with Crippen molar-refractivity contribution in [2.24, 2.45) is 0 Å². The topological polar surface area (TPSA) is 49.3 Å². The molecule has 0 radical (unpaired) electrons. The van der Waals surface area contributed by atoms with Gasteiger partial charge in [-0.05, 0) is 19.3 Å². The monoisotopic (exact) mass is 177 g/mol. The number of hydrogen-bond donors (Lipinski definition) is 2. The Labute approximate surface area is 70.3 Å². The molecule has 0 aromatic carbocycles. The molecule has 0 aromatic heterocycles. The van der Waals surface area contributed by atoms with Crippen molar-refractivity contribution in [1.29, 1.82) is 0 Å². The van der Waals surface area contributed by atoms with Crippen LogP contribution in [0.3, 0.4) is 0 Å². The van der Waals surface area contributed by atoms with E-state index in [0.29, 0.717) is 6.54 Å². The molecule has 11 heavy (non-hydrogen) atoms. The first-order chi connectivity index (χ1) is 5.27. The molecule has 0 heterocycles. The molecule has 66 valence electrons. The molecule has 0 amide bonds. The first kappa shape index (κ1) is 10.8. The zero-order valence-corrected chi connectivity index (χ0v) is 7.40. The van der Waals surface area contributed by atoms with Gasteiger partial charge >= 0.3 is 0 Å². The van der Waals surface area contributed by atoms with Crippen LogP contribution < -0.4 is 4.72 Å². The van der Waals surface area contributed by atoms with Crippen molar-refractivity contribution in [3.63, 3.8) is 0 Å². The third-order valence-electron chi connectivity index (χ3n) is 1.31. The van der Waals surface area contributed by atoms with Gasteiger partial charge in [-0.2, -0.15) is 0 Å². The molecular formula is C7H15NO2S. The fraction of sp³-hybridized carbons (Fsp3) is 0.714. The average molecular weight is 177 g/mol. The summed E-state index contributed by atoms with van der Waals surface area (Å²) in [5.74, 6) is 0. The first-order valence-corrected chi connectivity index (χ1v) is 4.83. The lowest BCUT2D eigenvalue weighted by Gasteiger charge is -1.98. The Kier molecular flexibility index (Phi) is 7.78. The van der Waals surface area contributed by atoms with Crippen LogP contribution in [0.2, 0.25) is 0 Å². The van der Waals surface area contributed by atoms with Crippen molar-refractivity contribution >= 4 is 11.3 Å². The number of nitrogens with one attached hydrogen (secondary N) is 1. The van der Waals surface area contributed by atoms with Crippen LogP contribution in [-0.4, -0.2) is 15.3 Å². The van der Waals surface area contributed by atoms with E-state index in [9.17, 15) is 4.21 Å². The highest BCUT2D eigenvalue weighted by molar-refractivity contribution is 7.77. The second kappa shape index (κ2) is 7.91. The smallest absolute Gasteiger partial charge is 0.231 e. The molecule has 0 aromatic rings. The van der Waals surface area contributed by atoms with Crippen molar-refractivity contribution < 1.29 is 8.76 Å². The number of rotatable bonds is 7. The van der Waals surface area contributed by atoms with Crippen LogP contribution in [0.25, 0.3) is 0 Å². The van der Waals surface area contributed by atoms with Crippen LogP contribution in [0.4, 0.5) is 0 Å². The molecule has 0 spiro atoms. The molecule has 4 heteroatoms. The highest BCUT2D eigenvalue weighted by Crippen LogP contribution is 1.98. The van der Waals surface area contributed by atoms with Crippen LogP contribution in [-0.2, 0) is 11.3 Å². The fourth-order valence-electron chi connectivity index (χ4n) is 0.750. The normalized spacial score (nSPS) is 12.8. The Bertz CT molecular complexity index is 128. The molecule has 0 aliphatic carbocycles. The summed E-state index contributed by atoms with van der Waals surface area (Å²) < 4.78 is 20.8. The lowest BCUT2D eigenvalue weighted by molar-refractivity contribution is 0.544. The van der Waals surface area contributed by atoms with Crippen LogP contribution in [0.1, 0.15) is 25.7 Å². The zero-order chi connectivity index (χ0) is 8.53. The molecule has 0 saturated carbocycles. The minimum atomic E-state index is -1.84. The summed E-state index contributed by atoms with van der Waals surface area (Å²) in [6.45, 7) is 4.21. The van der Waals surface area contributed by atoms with Crippen LogP contribution in [0.5, 0.6) is 0 Å². The summed E-state index contributed by atoms with van der Waals surface area (Å²) in [6.07, 6.45) is 6.06.